The minimum atomic E-state index is -0.373. The second kappa shape index (κ2) is 8.26. The Hall–Kier alpha value is -1.92. The van der Waals surface area contributed by atoms with Gasteiger partial charge in [-0.05, 0) is 43.8 Å². The molecular weight excluding hydrogens is 306 g/mol. The average molecular weight is 331 g/mol. The summed E-state index contributed by atoms with van der Waals surface area (Å²) in [5.74, 6) is 0.629. The summed E-state index contributed by atoms with van der Waals surface area (Å²) < 4.78 is 5.43. The normalized spacial score (nSPS) is 23.1. The Kier molecular flexibility index (Phi) is 5.82. The van der Waals surface area contributed by atoms with Crippen LogP contribution >= 0.6 is 0 Å². The van der Waals surface area contributed by atoms with Crippen LogP contribution in [0.25, 0.3) is 0 Å². The van der Waals surface area contributed by atoms with E-state index >= 15 is 0 Å². The van der Waals surface area contributed by atoms with Gasteiger partial charge in [0.25, 0.3) is 0 Å². The molecule has 0 radical (unpaired) electrons. The van der Waals surface area contributed by atoms with E-state index in [0.717, 1.165) is 44.5 Å². The lowest BCUT2D eigenvalue weighted by Gasteiger charge is -2.32. The number of hydrogen-bond donors (Lipinski definition) is 1. The Bertz CT molecular complexity index is 556. The van der Waals surface area contributed by atoms with Crippen molar-refractivity contribution < 1.29 is 14.6 Å². The van der Waals surface area contributed by atoms with E-state index in [4.69, 9.17) is 9.84 Å². The maximum Gasteiger partial charge on any atom is 0.430 e. The van der Waals surface area contributed by atoms with Gasteiger partial charge in [0.1, 0.15) is 6.10 Å². The van der Waals surface area contributed by atoms with E-state index in [1.165, 1.54) is 5.01 Å². The standard InChI is InChI=1S/C18H25N3O3/c22-11-8-15-6-9-20(10-7-15)13-17-14-21(18(23)24-17)19-12-16-4-2-1-3-5-16/h1-5,12,15,17,22H,6-11,13-14H2. The van der Waals surface area contributed by atoms with Crippen molar-refractivity contribution in [2.75, 3.05) is 32.8 Å². The number of carbonyl (C=O) groups is 1. The molecule has 0 aromatic heterocycles. The highest BCUT2D eigenvalue weighted by atomic mass is 16.6. The lowest BCUT2D eigenvalue weighted by molar-refractivity contribution is 0.0866. The Morgan fingerprint density at radius 3 is 2.71 bits per heavy atom. The molecule has 1 amide bonds. The van der Waals surface area contributed by atoms with Crippen LogP contribution in [0.1, 0.15) is 24.8 Å². The Balaban J connectivity index is 1.46. The van der Waals surface area contributed by atoms with Crippen molar-refractivity contribution in [2.24, 2.45) is 11.0 Å². The summed E-state index contributed by atoms with van der Waals surface area (Å²) >= 11 is 0. The second-order valence-electron chi connectivity index (χ2n) is 6.50. The van der Waals surface area contributed by atoms with Gasteiger partial charge in [0.2, 0.25) is 0 Å². The number of benzene rings is 1. The number of amides is 1. The van der Waals surface area contributed by atoms with Crippen molar-refractivity contribution in [3.8, 4) is 0 Å². The molecule has 0 bridgehead atoms. The number of aliphatic hydroxyl groups is 1. The minimum Gasteiger partial charge on any atom is -0.441 e. The molecular formula is C18H25N3O3. The molecule has 2 heterocycles. The molecule has 2 saturated heterocycles. The molecule has 6 heteroatoms. The van der Waals surface area contributed by atoms with Crippen LogP contribution in [-0.4, -0.2) is 66.2 Å². The highest BCUT2D eigenvalue weighted by Crippen LogP contribution is 2.21. The third-order valence-corrected chi connectivity index (χ3v) is 4.71. The van der Waals surface area contributed by atoms with Crippen molar-refractivity contribution in [3.05, 3.63) is 35.9 Å². The van der Waals surface area contributed by atoms with Gasteiger partial charge in [-0.15, -0.1) is 0 Å². The molecule has 1 unspecified atom stereocenters. The summed E-state index contributed by atoms with van der Waals surface area (Å²) in [7, 11) is 0. The van der Waals surface area contributed by atoms with Gasteiger partial charge in [-0.2, -0.15) is 10.1 Å². The zero-order chi connectivity index (χ0) is 16.8. The number of piperidine rings is 1. The molecule has 130 valence electrons. The quantitative estimate of drug-likeness (QED) is 0.809. The van der Waals surface area contributed by atoms with Gasteiger partial charge >= 0.3 is 6.09 Å². The minimum absolute atomic E-state index is 0.125. The fourth-order valence-electron chi connectivity index (χ4n) is 3.30. The molecule has 2 fully saturated rings. The van der Waals surface area contributed by atoms with Crippen molar-refractivity contribution in [2.45, 2.75) is 25.4 Å². The van der Waals surface area contributed by atoms with Crippen LogP contribution < -0.4 is 0 Å². The summed E-state index contributed by atoms with van der Waals surface area (Å²) in [4.78, 5) is 14.3. The zero-order valence-corrected chi connectivity index (χ0v) is 13.9. The Morgan fingerprint density at radius 2 is 2.00 bits per heavy atom. The van der Waals surface area contributed by atoms with Crippen LogP contribution in [0, 0.1) is 5.92 Å². The predicted octanol–water partition coefficient (Wildman–Crippen LogP) is 1.94. The maximum atomic E-state index is 11.9. The maximum absolute atomic E-state index is 11.9. The van der Waals surface area contributed by atoms with Gasteiger partial charge in [0.15, 0.2) is 0 Å². The van der Waals surface area contributed by atoms with Gasteiger partial charge < -0.3 is 9.84 Å². The van der Waals surface area contributed by atoms with Crippen LogP contribution in [0.3, 0.4) is 0 Å². The summed E-state index contributed by atoms with van der Waals surface area (Å²) in [5, 5.41) is 14.7. The Morgan fingerprint density at radius 1 is 1.25 bits per heavy atom. The van der Waals surface area contributed by atoms with Crippen LogP contribution in [-0.2, 0) is 4.74 Å². The van der Waals surface area contributed by atoms with Crippen LogP contribution in [0.5, 0.6) is 0 Å². The lowest BCUT2D eigenvalue weighted by atomic mass is 9.94. The molecule has 0 saturated carbocycles. The molecule has 1 aromatic carbocycles. The van der Waals surface area contributed by atoms with E-state index in [1.54, 1.807) is 6.21 Å². The molecule has 24 heavy (non-hydrogen) atoms. The van der Waals surface area contributed by atoms with E-state index in [2.05, 4.69) is 10.0 Å². The van der Waals surface area contributed by atoms with E-state index in [-0.39, 0.29) is 18.8 Å². The summed E-state index contributed by atoms with van der Waals surface area (Å²) in [6, 6.07) is 9.71. The second-order valence-corrected chi connectivity index (χ2v) is 6.50. The molecule has 2 aliphatic heterocycles. The van der Waals surface area contributed by atoms with Crippen molar-refractivity contribution in [3.63, 3.8) is 0 Å². The van der Waals surface area contributed by atoms with E-state index < -0.39 is 0 Å². The topological polar surface area (TPSA) is 65.4 Å². The predicted molar refractivity (Wildman–Crippen MR) is 91.9 cm³/mol. The first kappa shape index (κ1) is 16.9. The molecule has 2 aliphatic rings. The number of nitrogens with zero attached hydrogens (tertiary/aromatic N) is 3. The van der Waals surface area contributed by atoms with Crippen LogP contribution in [0.15, 0.2) is 35.4 Å². The molecule has 0 aliphatic carbocycles. The monoisotopic (exact) mass is 331 g/mol. The highest BCUT2D eigenvalue weighted by molar-refractivity contribution is 5.81. The number of hydrazone groups is 1. The molecule has 0 spiro atoms. The van der Waals surface area contributed by atoms with Crippen LogP contribution in [0.2, 0.25) is 0 Å². The van der Waals surface area contributed by atoms with E-state index in [0.29, 0.717) is 12.5 Å². The summed E-state index contributed by atoms with van der Waals surface area (Å²) in [5.41, 5.74) is 0.958. The number of carbonyl (C=O) groups excluding carboxylic acids is 1. The highest BCUT2D eigenvalue weighted by Gasteiger charge is 2.33. The number of aliphatic hydroxyl groups excluding tert-OH is 1. The number of cyclic esters (lactones) is 1. The zero-order valence-electron chi connectivity index (χ0n) is 13.9. The largest absolute Gasteiger partial charge is 0.441 e. The molecule has 1 aromatic rings. The van der Waals surface area contributed by atoms with Gasteiger partial charge in [0.05, 0.1) is 12.8 Å². The first-order valence-corrected chi connectivity index (χ1v) is 8.65. The molecule has 6 nitrogen and oxygen atoms in total. The number of ether oxygens (including phenoxy) is 1. The summed E-state index contributed by atoms with van der Waals surface area (Å²) in [6.45, 7) is 3.55. The first-order valence-electron chi connectivity index (χ1n) is 8.65. The fourth-order valence-corrected chi connectivity index (χ4v) is 3.30. The SMILES string of the molecule is O=C1OC(CN2CCC(CCO)CC2)CN1N=Cc1ccccc1. The third-order valence-electron chi connectivity index (χ3n) is 4.71. The molecule has 3 rings (SSSR count). The smallest absolute Gasteiger partial charge is 0.430 e. The molecule has 1 N–H and O–H groups in total. The Labute approximate surface area is 142 Å². The van der Waals surface area contributed by atoms with Gasteiger partial charge in [0, 0.05) is 13.2 Å². The number of rotatable bonds is 6. The van der Waals surface area contributed by atoms with Crippen molar-refractivity contribution in [1.82, 2.24) is 9.91 Å². The third kappa shape index (κ3) is 4.55. The van der Waals surface area contributed by atoms with E-state index in [1.807, 2.05) is 30.3 Å². The van der Waals surface area contributed by atoms with Gasteiger partial charge in [-0.3, -0.25) is 4.90 Å². The van der Waals surface area contributed by atoms with Crippen LogP contribution in [0.4, 0.5) is 4.79 Å². The number of likely N-dealkylation sites (tertiary alicyclic amines) is 1. The first-order chi connectivity index (χ1) is 11.7. The van der Waals surface area contributed by atoms with Gasteiger partial charge in [-0.25, -0.2) is 4.79 Å². The van der Waals surface area contributed by atoms with Crippen molar-refractivity contribution in [1.29, 1.82) is 0 Å². The van der Waals surface area contributed by atoms with Crippen molar-refractivity contribution >= 4 is 12.3 Å². The average Bonchev–Trinajstić information content (AvgIpc) is 2.95. The molecule has 1 atom stereocenters. The summed E-state index contributed by atoms with van der Waals surface area (Å²) in [6.07, 6.45) is 4.30. The van der Waals surface area contributed by atoms with E-state index in [9.17, 15) is 4.79 Å². The number of hydrogen-bond acceptors (Lipinski definition) is 5. The fraction of sp³-hybridized carbons (Fsp3) is 0.556. The lowest BCUT2D eigenvalue weighted by Crippen LogP contribution is -2.40. The van der Waals surface area contributed by atoms with Gasteiger partial charge in [-0.1, -0.05) is 30.3 Å².